The number of ether oxygens (including phenoxy) is 3. The maximum absolute atomic E-state index is 5.15. The van der Waals surface area contributed by atoms with Gasteiger partial charge in [-0.3, -0.25) is 0 Å². The van der Waals surface area contributed by atoms with Gasteiger partial charge in [0.05, 0.1) is 7.11 Å². The van der Waals surface area contributed by atoms with E-state index in [2.05, 4.69) is 15.9 Å². The quantitative estimate of drug-likeness (QED) is 0.780. The van der Waals surface area contributed by atoms with Gasteiger partial charge in [0.1, 0.15) is 5.75 Å². The Morgan fingerprint density at radius 3 is 2.21 bits per heavy atom. The minimum absolute atomic E-state index is 0.352. The minimum atomic E-state index is -0.352. The van der Waals surface area contributed by atoms with Crippen LogP contribution in [0.2, 0.25) is 0 Å². The lowest BCUT2D eigenvalue weighted by atomic mass is 10.2. The second kappa shape index (κ2) is 5.34. The van der Waals surface area contributed by atoms with Crippen LogP contribution < -0.4 is 4.74 Å². The van der Waals surface area contributed by atoms with Gasteiger partial charge in [-0.25, -0.2) is 0 Å². The van der Waals surface area contributed by atoms with Gasteiger partial charge in [0.25, 0.3) is 0 Å². The molecular formula is C10H13BrO3. The zero-order valence-corrected chi connectivity index (χ0v) is 10.00. The fraction of sp³-hybridized carbons (Fsp3) is 0.400. The summed E-state index contributed by atoms with van der Waals surface area (Å²) >= 11 is 3.43. The normalized spacial score (nSPS) is 10.6. The molecule has 14 heavy (non-hydrogen) atoms. The van der Waals surface area contributed by atoms with Gasteiger partial charge in [0.2, 0.25) is 0 Å². The molecule has 0 aliphatic carbocycles. The van der Waals surface area contributed by atoms with Crippen molar-refractivity contribution in [2.45, 2.75) is 6.29 Å². The summed E-state index contributed by atoms with van der Waals surface area (Å²) < 4.78 is 16.3. The average molecular weight is 261 g/mol. The topological polar surface area (TPSA) is 27.7 Å². The number of hydrogen-bond acceptors (Lipinski definition) is 3. The Morgan fingerprint density at radius 2 is 1.79 bits per heavy atom. The Kier molecular flexibility index (Phi) is 4.38. The van der Waals surface area contributed by atoms with Gasteiger partial charge in [-0.05, 0) is 18.2 Å². The van der Waals surface area contributed by atoms with Crippen LogP contribution in [0.1, 0.15) is 11.9 Å². The molecule has 0 saturated heterocycles. The first-order valence-corrected chi connectivity index (χ1v) is 4.91. The van der Waals surface area contributed by atoms with Crippen LogP contribution in [0.4, 0.5) is 0 Å². The van der Waals surface area contributed by atoms with Crippen molar-refractivity contribution in [1.29, 1.82) is 0 Å². The summed E-state index contributed by atoms with van der Waals surface area (Å²) in [6.07, 6.45) is -0.352. The summed E-state index contributed by atoms with van der Waals surface area (Å²) in [6.45, 7) is 0. The second-order valence-electron chi connectivity index (χ2n) is 2.69. The molecule has 3 nitrogen and oxygen atoms in total. The number of rotatable bonds is 4. The Morgan fingerprint density at radius 1 is 1.14 bits per heavy atom. The molecule has 0 fully saturated rings. The molecule has 0 atom stereocenters. The molecule has 0 N–H and O–H groups in total. The first-order valence-electron chi connectivity index (χ1n) is 4.12. The molecule has 0 radical (unpaired) electrons. The highest BCUT2D eigenvalue weighted by molar-refractivity contribution is 9.10. The van der Waals surface area contributed by atoms with E-state index in [1.165, 1.54) is 0 Å². The van der Waals surface area contributed by atoms with E-state index < -0.39 is 0 Å². The molecule has 1 aromatic rings. The Balaban J connectivity index is 2.98. The summed E-state index contributed by atoms with van der Waals surface area (Å²) in [7, 11) is 4.83. The highest BCUT2D eigenvalue weighted by Crippen LogP contribution is 2.29. The maximum atomic E-state index is 5.15. The van der Waals surface area contributed by atoms with Crippen molar-refractivity contribution >= 4 is 15.9 Å². The van der Waals surface area contributed by atoms with Crippen molar-refractivity contribution in [3.63, 3.8) is 0 Å². The van der Waals surface area contributed by atoms with Gasteiger partial charge in [-0.15, -0.1) is 0 Å². The average Bonchev–Trinajstić information content (AvgIpc) is 2.22. The van der Waals surface area contributed by atoms with E-state index in [1.54, 1.807) is 21.3 Å². The van der Waals surface area contributed by atoms with Gasteiger partial charge < -0.3 is 14.2 Å². The lowest BCUT2D eigenvalue weighted by Gasteiger charge is -2.15. The van der Waals surface area contributed by atoms with Gasteiger partial charge >= 0.3 is 0 Å². The SMILES string of the molecule is COc1ccc(C(OC)OC)c(Br)c1. The van der Waals surface area contributed by atoms with Crippen LogP contribution in [0.25, 0.3) is 0 Å². The van der Waals surface area contributed by atoms with Crippen LogP contribution in [-0.4, -0.2) is 21.3 Å². The molecule has 78 valence electrons. The fourth-order valence-electron chi connectivity index (χ4n) is 1.18. The molecule has 0 aliphatic rings. The highest BCUT2D eigenvalue weighted by atomic mass is 79.9. The van der Waals surface area contributed by atoms with Crippen molar-refractivity contribution in [3.05, 3.63) is 28.2 Å². The van der Waals surface area contributed by atoms with Crippen LogP contribution in [0.5, 0.6) is 5.75 Å². The molecule has 0 spiro atoms. The number of halogens is 1. The Hall–Kier alpha value is -0.580. The van der Waals surface area contributed by atoms with E-state index in [0.29, 0.717) is 0 Å². The smallest absolute Gasteiger partial charge is 0.184 e. The predicted molar refractivity (Wildman–Crippen MR) is 57.5 cm³/mol. The van der Waals surface area contributed by atoms with Gasteiger partial charge in [0, 0.05) is 24.3 Å². The van der Waals surface area contributed by atoms with Crippen molar-refractivity contribution in [3.8, 4) is 5.75 Å². The second-order valence-corrected chi connectivity index (χ2v) is 3.55. The highest BCUT2D eigenvalue weighted by Gasteiger charge is 2.12. The summed E-state index contributed by atoms with van der Waals surface area (Å²) in [5, 5.41) is 0. The molecule has 1 rings (SSSR count). The van der Waals surface area contributed by atoms with E-state index >= 15 is 0 Å². The molecule has 0 aromatic heterocycles. The molecule has 0 aliphatic heterocycles. The lowest BCUT2D eigenvalue weighted by Crippen LogP contribution is -2.04. The summed E-state index contributed by atoms with van der Waals surface area (Å²) in [4.78, 5) is 0. The molecule has 0 unspecified atom stereocenters. The van der Waals surface area contributed by atoms with Gasteiger partial charge in [-0.2, -0.15) is 0 Å². The lowest BCUT2D eigenvalue weighted by molar-refractivity contribution is -0.106. The van der Waals surface area contributed by atoms with Crippen molar-refractivity contribution < 1.29 is 14.2 Å². The summed E-state index contributed by atoms with van der Waals surface area (Å²) in [6, 6.07) is 5.64. The largest absolute Gasteiger partial charge is 0.497 e. The standard InChI is InChI=1S/C10H13BrO3/c1-12-7-4-5-8(9(11)6-7)10(13-2)14-3/h4-6,10H,1-3H3. The van der Waals surface area contributed by atoms with Crippen LogP contribution >= 0.6 is 15.9 Å². The fourth-order valence-corrected chi connectivity index (χ4v) is 1.72. The third kappa shape index (κ3) is 2.47. The van der Waals surface area contributed by atoms with Gasteiger partial charge in [0.15, 0.2) is 6.29 Å². The van der Waals surface area contributed by atoms with Crippen LogP contribution in [-0.2, 0) is 9.47 Å². The van der Waals surface area contributed by atoms with E-state index in [4.69, 9.17) is 14.2 Å². The molecule has 1 aromatic carbocycles. The van der Waals surface area contributed by atoms with E-state index in [0.717, 1.165) is 15.8 Å². The predicted octanol–water partition coefficient (Wildman–Crippen LogP) is 2.75. The van der Waals surface area contributed by atoms with Crippen LogP contribution in [0.3, 0.4) is 0 Å². The van der Waals surface area contributed by atoms with Crippen LogP contribution in [0, 0.1) is 0 Å². The first kappa shape index (κ1) is 11.5. The summed E-state index contributed by atoms with van der Waals surface area (Å²) in [5.41, 5.74) is 0.941. The number of methoxy groups -OCH3 is 3. The third-order valence-electron chi connectivity index (χ3n) is 1.89. The molecule has 0 saturated carbocycles. The molecule has 0 bridgehead atoms. The minimum Gasteiger partial charge on any atom is -0.497 e. The van der Waals surface area contributed by atoms with Gasteiger partial charge in [-0.1, -0.05) is 15.9 Å². The zero-order valence-electron chi connectivity index (χ0n) is 8.41. The van der Waals surface area contributed by atoms with E-state index in [9.17, 15) is 0 Å². The zero-order chi connectivity index (χ0) is 10.6. The summed E-state index contributed by atoms with van der Waals surface area (Å²) in [5.74, 6) is 0.798. The first-order chi connectivity index (χ1) is 6.72. The van der Waals surface area contributed by atoms with Crippen molar-refractivity contribution in [2.75, 3.05) is 21.3 Å². The Bertz CT molecular complexity index is 297. The third-order valence-corrected chi connectivity index (χ3v) is 2.58. The van der Waals surface area contributed by atoms with Crippen LogP contribution in [0.15, 0.2) is 22.7 Å². The number of benzene rings is 1. The molecule has 0 amide bonds. The Labute approximate surface area is 92.1 Å². The molecule has 4 heteroatoms. The van der Waals surface area contributed by atoms with Crippen molar-refractivity contribution in [1.82, 2.24) is 0 Å². The van der Waals surface area contributed by atoms with E-state index in [-0.39, 0.29) is 6.29 Å². The monoisotopic (exact) mass is 260 g/mol. The molecular weight excluding hydrogens is 248 g/mol. The van der Waals surface area contributed by atoms with Crippen molar-refractivity contribution in [2.24, 2.45) is 0 Å². The maximum Gasteiger partial charge on any atom is 0.184 e. The number of hydrogen-bond donors (Lipinski definition) is 0. The van der Waals surface area contributed by atoms with E-state index in [1.807, 2.05) is 18.2 Å². The molecule has 0 heterocycles.